The van der Waals surface area contributed by atoms with Gasteiger partial charge in [0.25, 0.3) is 0 Å². The molecule has 0 aromatic heterocycles. The van der Waals surface area contributed by atoms with Crippen molar-refractivity contribution in [2.24, 2.45) is 17.8 Å². The van der Waals surface area contributed by atoms with Crippen LogP contribution >= 0.6 is 0 Å². The quantitative estimate of drug-likeness (QED) is 0.536. The maximum Gasteiger partial charge on any atom is 0.200 e. The first-order valence-electron chi connectivity index (χ1n) is 9.93. The van der Waals surface area contributed by atoms with E-state index in [1.165, 1.54) is 12.1 Å². The highest BCUT2D eigenvalue weighted by atomic mass is 19.2. The van der Waals surface area contributed by atoms with Gasteiger partial charge < -0.3 is 4.74 Å². The van der Waals surface area contributed by atoms with Crippen LogP contribution in [0.1, 0.15) is 57.4 Å². The van der Waals surface area contributed by atoms with Gasteiger partial charge in [-0.2, -0.15) is 4.39 Å². The third-order valence-electron chi connectivity index (χ3n) is 6.33. The molecule has 0 bridgehead atoms. The fraction of sp³-hybridized carbons (Fsp3) is 0.714. The Kier molecular flexibility index (Phi) is 6.32. The first kappa shape index (κ1) is 20.4. The Hall–Kier alpha value is -1.33. The van der Waals surface area contributed by atoms with Crippen LogP contribution in [0.2, 0.25) is 0 Å². The molecule has 27 heavy (non-hydrogen) atoms. The Bertz CT molecular complexity index is 652. The molecule has 1 aromatic rings. The summed E-state index contributed by atoms with van der Waals surface area (Å²) in [7, 11) is 0. The summed E-state index contributed by atoms with van der Waals surface area (Å²) >= 11 is 0. The van der Waals surface area contributed by atoms with Crippen molar-refractivity contribution in [3.63, 3.8) is 0 Å². The fourth-order valence-electron chi connectivity index (χ4n) is 5.04. The summed E-state index contributed by atoms with van der Waals surface area (Å²) in [6.45, 7) is 3.75. The highest BCUT2D eigenvalue weighted by molar-refractivity contribution is 5.34. The minimum Gasteiger partial charge on any atom is -0.491 e. The van der Waals surface area contributed by atoms with Gasteiger partial charge in [0, 0.05) is 5.92 Å². The second-order valence-corrected chi connectivity index (χ2v) is 7.84. The monoisotopic (exact) mass is 390 g/mol. The summed E-state index contributed by atoms with van der Waals surface area (Å²) in [5.41, 5.74) is -0.188. The third kappa shape index (κ3) is 3.68. The number of hydrogen-bond donors (Lipinski definition) is 0. The van der Waals surface area contributed by atoms with E-state index in [9.17, 15) is 17.6 Å². The molecule has 152 valence electrons. The van der Waals surface area contributed by atoms with E-state index in [0.29, 0.717) is 12.8 Å². The van der Waals surface area contributed by atoms with E-state index >= 15 is 4.39 Å². The Morgan fingerprint density at radius 2 is 1.67 bits per heavy atom. The summed E-state index contributed by atoms with van der Waals surface area (Å²) in [6.07, 6.45) is -2.80. The maximum absolute atomic E-state index is 15.0. The fourth-order valence-corrected chi connectivity index (χ4v) is 5.04. The Morgan fingerprint density at radius 1 is 0.926 bits per heavy atom. The van der Waals surface area contributed by atoms with Gasteiger partial charge >= 0.3 is 0 Å². The molecule has 2 fully saturated rings. The summed E-state index contributed by atoms with van der Waals surface area (Å²) in [6, 6.07) is 2.51. The summed E-state index contributed by atoms with van der Waals surface area (Å²) in [4.78, 5) is 0. The molecule has 0 radical (unpaired) electrons. The lowest BCUT2D eigenvalue weighted by Crippen LogP contribution is -2.31. The van der Waals surface area contributed by atoms with Crippen LogP contribution in [0.4, 0.5) is 22.0 Å². The summed E-state index contributed by atoms with van der Waals surface area (Å²) in [5.74, 6) is -5.22. The first-order chi connectivity index (χ1) is 12.9. The van der Waals surface area contributed by atoms with E-state index in [-0.39, 0.29) is 36.7 Å². The molecule has 7 unspecified atom stereocenters. The van der Waals surface area contributed by atoms with Crippen LogP contribution in [0.15, 0.2) is 12.1 Å². The summed E-state index contributed by atoms with van der Waals surface area (Å²) < 4.78 is 78.4. The van der Waals surface area contributed by atoms with E-state index in [1.807, 2.05) is 6.92 Å². The van der Waals surface area contributed by atoms with Crippen molar-refractivity contribution >= 4 is 0 Å². The predicted molar refractivity (Wildman–Crippen MR) is 94.2 cm³/mol. The lowest BCUT2D eigenvalue weighted by atomic mass is 9.86. The van der Waals surface area contributed by atoms with Crippen molar-refractivity contribution < 1.29 is 26.7 Å². The van der Waals surface area contributed by atoms with Crippen molar-refractivity contribution in [2.75, 3.05) is 6.61 Å². The van der Waals surface area contributed by atoms with Crippen LogP contribution in [0.25, 0.3) is 0 Å². The molecule has 1 aromatic carbocycles. The minimum absolute atomic E-state index is 0.104. The third-order valence-corrected chi connectivity index (χ3v) is 6.33. The average molecular weight is 390 g/mol. The van der Waals surface area contributed by atoms with Crippen molar-refractivity contribution in [2.45, 2.75) is 70.4 Å². The number of hydrogen-bond acceptors (Lipinski definition) is 1. The molecule has 0 spiro atoms. The number of fused-ring (bicyclic) bond motifs is 1. The van der Waals surface area contributed by atoms with E-state index in [1.54, 1.807) is 6.92 Å². The number of ether oxygens (including phenoxy) is 1. The van der Waals surface area contributed by atoms with E-state index in [4.69, 9.17) is 4.74 Å². The standard InChI is InChI=1S/C21H27F5O/c1-3-5-11-10-15-14(17(11)22)7-6-12(18(23)20(15)25)13-8-9-16(27-4-2)21(26)19(13)24/h8-9,11-12,14-15,17-18,20H,3-7,10H2,1-2H3. The molecular formula is C21H27F5O. The number of rotatable bonds is 5. The van der Waals surface area contributed by atoms with Crippen molar-refractivity contribution in [3.8, 4) is 5.75 Å². The number of halogens is 5. The van der Waals surface area contributed by atoms with Gasteiger partial charge in [0.2, 0.25) is 5.82 Å². The summed E-state index contributed by atoms with van der Waals surface area (Å²) in [5, 5.41) is 0. The van der Waals surface area contributed by atoms with Crippen molar-refractivity contribution in [1.82, 2.24) is 0 Å². The largest absolute Gasteiger partial charge is 0.491 e. The van der Waals surface area contributed by atoms with E-state index in [2.05, 4.69) is 0 Å². The zero-order valence-electron chi connectivity index (χ0n) is 15.7. The molecule has 7 atom stereocenters. The molecule has 0 saturated heterocycles. The molecule has 2 saturated carbocycles. The lowest BCUT2D eigenvalue weighted by molar-refractivity contribution is 0.0819. The van der Waals surface area contributed by atoms with Gasteiger partial charge in [-0.05, 0) is 62.0 Å². The van der Waals surface area contributed by atoms with Gasteiger partial charge in [-0.3, -0.25) is 0 Å². The molecule has 3 rings (SSSR count). The zero-order chi connectivity index (χ0) is 19.7. The molecule has 0 N–H and O–H groups in total. The zero-order valence-corrected chi connectivity index (χ0v) is 15.7. The average Bonchev–Trinajstić information content (AvgIpc) is 2.90. The SMILES string of the molecule is CCCC1CC2C(F)C(F)C(c3ccc(OCC)c(F)c3F)CCC2C1F. The first-order valence-corrected chi connectivity index (χ1v) is 9.93. The molecule has 1 nitrogen and oxygen atoms in total. The molecule has 2 aliphatic carbocycles. The topological polar surface area (TPSA) is 9.23 Å². The van der Waals surface area contributed by atoms with Gasteiger partial charge in [0.1, 0.15) is 18.5 Å². The molecule has 2 aliphatic rings. The van der Waals surface area contributed by atoms with Gasteiger partial charge in [-0.25, -0.2) is 17.6 Å². The Balaban J connectivity index is 1.85. The van der Waals surface area contributed by atoms with Crippen LogP contribution < -0.4 is 4.74 Å². The normalized spacial score (nSPS) is 36.3. The second kappa shape index (κ2) is 8.36. The van der Waals surface area contributed by atoms with Gasteiger partial charge in [-0.15, -0.1) is 0 Å². The van der Waals surface area contributed by atoms with E-state index < -0.39 is 47.9 Å². The molecule has 6 heteroatoms. The van der Waals surface area contributed by atoms with Crippen LogP contribution in [0, 0.1) is 29.4 Å². The molecule has 0 heterocycles. The van der Waals surface area contributed by atoms with Crippen molar-refractivity contribution in [3.05, 3.63) is 29.3 Å². The maximum atomic E-state index is 15.0. The predicted octanol–water partition coefficient (Wildman–Crippen LogP) is 6.31. The Morgan fingerprint density at radius 3 is 2.33 bits per heavy atom. The van der Waals surface area contributed by atoms with Crippen LogP contribution in [0.3, 0.4) is 0 Å². The lowest BCUT2D eigenvalue weighted by Gasteiger charge is -2.25. The second-order valence-electron chi connectivity index (χ2n) is 7.84. The number of benzene rings is 1. The van der Waals surface area contributed by atoms with E-state index in [0.717, 1.165) is 6.42 Å². The van der Waals surface area contributed by atoms with Crippen molar-refractivity contribution in [1.29, 1.82) is 0 Å². The van der Waals surface area contributed by atoms with Gasteiger partial charge in [0.15, 0.2) is 11.6 Å². The van der Waals surface area contributed by atoms with Crippen LogP contribution in [-0.4, -0.2) is 25.1 Å². The van der Waals surface area contributed by atoms with Gasteiger partial charge in [-0.1, -0.05) is 19.4 Å². The number of alkyl halides is 3. The molecule has 0 aliphatic heterocycles. The van der Waals surface area contributed by atoms with Crippen LogP contribution in [0.5, 0.6) is 5.75 Å². The Labute approximate surface area is 157 Å². The minimum atomic E-state index is -1.97. The smallest absolute Gasteiger partial charge is 0.200 e. The molecule has 0 amide bonds. The van der Waals surface area contributed by atoms with Crippen LogP contribution in [-0.2, 0) is 0 Å². The molecular weight excluding hydrogens is 363 g/mol. The highest BCUT2D eigenvalue weighted by Gasteiger charge is 2.52. The highest BCUT2D eigenvalue weighted by Crippen LogP contribution is 2.51. The van der Waals surface area contributed by atoms with Gasteiger partial charge in [0.05, 0.1) is 6.61 Å².